The number of nitrogens with zero attached hydrogens (tertiary/aromatic N) is 5. The number of piperidine rings is 2. The number of hydrogen-bond acceptors (Lipinski definition) is 3. The van der Waals surface area contributed by atoms with Gasteiger partial charge in [0.15, 0.2) is 5.96 Å². The lowest BCUT2D eigenvalue weighted by Crippen LogP contribution is -2.49. The molecule has 1 aromatic rings. The van der Waals surface area contributed by atoms with Gasteiger partial charge in [0, 0.05) is 45.1 Å². The van der Waals surface area contributed by atoms with Crippen LogP contribution in [0.3, 0.4) is 0 Å². The molecule has 0 radical (unpaired) electrons. The third-order valence-corrected chi connectivity index (χ3v) is 6.01. The summed E-state index contributed by atoms with van der Waals surface area (Å²) in [6, 6.07) is 0.473. The summed E-state index contributed by atoms with van der Waals surface area (Å²) in [5.41, 5.74) is 0. The molecule has 3 unspecified atom stereocenters. The largest absolute Gasteiger partial charge is 0.357 e. The second-order valence-electron chi connectivity index (χ2n) is 7.89. The van der Waals surface area contributed by atoms with Crippen molar-refractivity contribution in [3.63, 3.8) is 0 Å². The van der Waals surface area contributed by atoms with Gasteiger partial charge >= 0.3 is 0 Å². The highest BCUT2D eigenvalue weighted by atomic mass is 15.3. The maximum atomic E-state index is 5.05. The number of aliphatic imine (C=N–C) groups is 1. The molecule has 2 aliphatic rings. The molecule has 1 aromatic heterocycles. The van der Waals surface area contributed by atoms with E-state index in [1.165, 1.54) is 32.4 Å². The average molecular weight is 361 g/mol. The van der Waals surface area contributed by atoms with Crippen LogP contribution in [0.2, 0.25) is 0 Å². The first kappa shape index (κ1) is 19.2. The van der Waals surface area contributed by atoms with Gasteiger partial charge in [0.1, 0.15) is 0 Å². The summed E-state index contributed by atoms with van der Waals surface area (Å²) in [5, 5.41) is 3.54. The Bertz CT molecular complexity index is 555. The summed E-state index contributed by atoms with van der Waals surface area (Å²) >= 11 is 0. The van der Waals surface area contributed by atoms with Crippen LogP contribution in [0.25, 0.3) is 0 Å². The Balaban J connectivity index is 1.64. The van der Waals surface area contributed by atoms with E-state index in [1.807, 2.05) is 12.5 Å². The Morgan fingerprint density at radius 1 is 1.23 bits per heavy atom. The van der Waals surface area contributed by atoms with Crippen LogP contribution in [0, 0.1) is 11.8 Å². The lowest BCUT2D eigenvalue weighted by atomic mass is 9.93. The van der Waals surface area contributed by atoms with Crippen molar-refractivity contribution in [3.8, 4) is 0 Å². The van der Waals surface area contributed by atoms with E-state index in [0.29, 0.717) is 17.9 Å². The molecule has 146 valence electrons. The summed E-state index contributed by atoms with van der Waals surface area (Å²) in [6.45, 7) is 14.4. The molecule has 0 aliphatic carbocycles. The first-order valence-electron chi connectivity index (χ1n) is 10.4. The first-order valence-corrected chi connectivity index (χ1v) is 10.4. The smallest absolute Gasteiger partial charge is 0.193 e. The van der Waals surface area contributed by atoms with E-state index in [1.54, 1.807) is 0 Å². The number of nitrogens with one attached hydrogen (secondary N) is 1. The van der Waals surface area contributed by atoms with Gasteiger partial charge in [-0.25, -0.2) is 4.98 Å². The van der Waals surface area contributed by atoms with Crippen LogP contribution in [0.5, 0.6) is 0 Å². The topological polar surface area (TPSA) is 48.7 Å². The van der Waals surface area contributed by atoms with Crippen molar-refractivity contribution in [2.45, 2.75) is 46.1 Å². The predicted octanol–water partition coefficient (Wildman–Crippen LogP) is 2.46. The zero-order valence-corrected chi connectivity index (χ0v) is 16.8. The molecule has 0 spiro atoms. The lowest BCUT2D eigenvalue weighted by molar-refractivity contribution is 0.181. The summed E-state index contributed by atoms with van der Waals surface area (Å²) in [4.78, 5) is 14.3. The molecule has 3 atom stereocenters. The summed E-state index contributed by atoms with van der Waals surface area (Å²) < 4.78 is 2.26. The molecule has 0 amide bonds. The molecule has 0 saturated carbocycles. The van der Waals surface area contributed by atoms with Gasteiger partial charge in [0.2, 0.25) is 0 Å². The second-order valence-corrected chi connectivity index (χ2v) is 7.89. The van der Waals surface area contributed by atoms with E-state index < -0.39 is 0 Å². The lowest BCUT2D eigenvalue weighted by Gasteiger charge is -2.39. The highest BCUT2D eigenvalue weighted by Crippen LogP contribution is 2.27. The minimum Gasteiger partial charge on any atom is -0.357 e. The Morgan fingerprint density at radius 2 is 2.12 bits per heavy atom. The van der Waals surface area contributed by atoms with Gasteiger partial charge in [-0.1, -0.05) is 13.8 Å². The number of rotatable bonds is 5. The van der Waals surface area contributed by atoms with Crippen molar-refractivity contribution in [2.24, 2.45) is 16.8 Å². The van der Waals surface area contributed by atoms with Crippen LogP contribution in [0.4, 0.5) is 0 Å². The molecule has 0 aromatic carbocycles. The van der Waals surface area contributed by atoms with Crippen molar-refractivity contribution >= 4 is 5.96 Å². The van der Waals surface area contributed by atoms with Gasteiger partial charge in [0.25, 0.3) is 0 Å². The summed E-state index contributed by atoms with van der Waals surface area (Å²) in [6.07, 6.45) is 9.75. The van der Waals surface area contributed by atoms with E-state index in [0.717, 1.165) is 38.7 Å². The van der Waals surface area contributed by atoms with Gasteiger partial charge in [-0.3, -0.25) is 4.99 Å². The van der Waals surface area contributed by atoms with Crippen LogP contribution in [-0.2, 0) is 0 Å². The number of hydrogen-bond donors (Lipinski definition) is 1. The fraction of sp³-hybridized carbons (Fsp3) is 0.800. The van der Waals surface area contributed by atoms with Gasteiger partial charge < -0.3 is 19.7 Å². The maximum Gasteiger partial charge on any atom is 0.193 e. The third-order valence-electron chi connectivity index (χ3n) is 6.01. The number of aromatic nitrogens is 2. The molecule has 2 saturated heterocycles. The highest BCUT2D eigenvalue weighted by Gasteiger charge is 2.29. The Hall–Kier alpha value is -1.56. The van der Waals surface area contributed by atoms with E-state index >= 15 is 0 Å². The van der Waals surface area contributed by atoms with Gasteiger partial charge in [-0.05, 0) is 51.1 Å². The molecule has 1 N–H and O–H groups in total. The fourth-order valence-corrected chi connectivity index (χ4v) is 4.32. The monoisotopic (exact) mass is 360 g/mol. The minimum absolute atomic E-state index is 0.473. The van der Waals surface area contributed by atoms with Crippen LogP contribution in [-0.4, -0.2) is 71.1 Å². The quantitative estimate of drug-likeness (QED) is 0.647. The molecule has 3 rings (SSSR count). The van der Waals surface area contributed by atoms with Crippen molar-refractivity contribution in [1.29, 1.82) is 0 Å². The van der Waals surface area contributed by atoms with Crippen molar-refractivity contribution in [2.75, 3.05) is 45.8 Å². The molecule has 2 fully saturated rings. The molecular formula is C20H36N6. The SMILES string of the molecule is CCNC(=NCC1CCCN(CC)C1)N1CCC(C)C(n2ccnc2)C1. The molecular weight excluding hydrogens is 324 g/mol. The highest BCUT2D eigenvalue weighted by molar-refractivity contribution is 5.80. The maximum absolute atomic E-state index is 5.05. The molecule has 6 heteroatoms. The molecule has 6 nitrogen and oxygen atoms in total. The number of imidazole rings is 1. The molecule has 3 heterocycles. The minimum atomic E-state index is 0.473. The number of likely N-dealkylation sites (tertiary alicyclic amines) is 2. The van der Waals surface area contributed by atoms with E-state index in [-0.39, 0.29) is 0 Å². The zero-order valence-electron chi connectivity index (χ0n) is 16.8. The summed E-state index contributed by atoms with van der Waals surface area (Å²) in [7, 11) is 0. The van der Waals surface area contributed by atoms with Crippen LogP contribution < -0.4 is 5.32 Å². The molecule has 26 heavy (non-hydrogen) atoms. The Kier molecular flexibility index (Phi) is 6.94. The Morgan fingerprint density at radius 3 is 2.85 bits per heavy atom. The van der Waals surface area contributed by atoms with E-state index in [9.17, 15) is 0 Å². The standard InChI is InChI=1S/C20H36N6/c1-4-22-20(23-13-18-7-6-10-24(5-2)14-18)25-11-8-17(3)19(15-25)26-12-9-21-16-26/h9,12,16-19H,4-8,10-11,13-15H2,1-3H3,(H,22,23). The predicted molar refractivity (Wildman–Crippen MR) is 107 cm³/mol. The van der Waals surface area contributed by atoms with Crippen LogP contribution in [0.1, 0.15) is 46.1 Å². The van der Waals surface area contributed by atoms with Gasteiger partial charge in [-0.2, -0.15) is 0 Å². The van der Waals surface area contributed by atoms with E-state index in [2.05, 4.69) is 51.6 Å². The third kappa shape index (κ3) is 4.78. The van der Waals surface area contributed by atoms with Gasteiger partial charge in [-0.15, -0.1) is 0 Å². The van der Waals surface area contributed by atoms with Crippen molar-refractivity contribution in [1.82, 2.24) is 24.7 Å². The normalized spacial score (nSPS) is 28.3. The van der Waals surface area contributed by atoms with Crippen molar-refractivity contribution in [3.05, 3.63) is 18.7 Å². The average Bonchev–Trinajstić information content (AvgIpc) is 3.20. The molecule has 0 bridgehead atoms. The van der Waals surface area contributed by atoms with Gasteiger partial charge in [0.05, 0.1) is 12.4 Å². The van der Waals surface area contributed by atoms with E-state index in [4.69, 9.17) is 4.99 Å². The number of guanidine groups is 1. The first-order chi connectivity index (χ1) is 12.7. The fourth-order valence-electron chi connectivity index (χ4n) is 4.32. The Labute approximate surface area is 158 Å². The van der Waals surface area contributed by atoms with Crippen LogP contribution >= 0.6 is 0 Å². The molecule has 2 aliphatic heterocycles. The van der Waals surface area contributed by atoms with Crippen LogP contribution in [0.15, 0.2) is 23.7 Å². The second kappa shape index (κ2) is 9.40. The summed E-state index contributed by atoms with van der Waals surface area (Å²) in [5.74, 6) is 2.46. The zero-order chi connectivity index (χ0) is 18.4. The van der Waals surface area contributed by atoms with Crippen molar-refractivity contribution < 1.29 is 0 Å².